The maximum atomic E-state index is 13.7. The molecule has 0 aliphatic heterocycles. The number of halogens is 3. The van der Waals surface area contributed by atoms with E-state index in [-0.39, 0.29) is 10.4 Å². The number of carbonyl (C=O) groups is 1. The molecular formula is C10H5ClF2N2O5S. The molecule has 0 bridgehead atoms. The van der Waals surface area contributed by atoms with E-state index >= 15 is 0 Å². The third-order valence-corrected chi connectivity index (χ3v) is 4.28. The van der Waals surface area contributed by atoms with Crippen molar-refractivity contribution in [1.29, 1.82) is 0 Å². The van der Waals surface area contributed by atoms with Crippen molar-refractivity contribution in [3.8, 4) is 0 Å². The molecule has 0 fully saturated rings. The Morgan fingerprint density at radius 1 is 1.33 bits per heavy atom. The van der Waals surface area contributed by atoms with Gasteiger partial charge in [0.15, 0.2) is 5.82 Å². The van der Waals surface area contributed by atoms with Crippen molar-refractivity contribution < 1.29 is 31.6 Å². The molecule has 0 spiro atoms. The Hall–Kier alpha value is -2.20. The van der Waals surface area contributed by atoms with Gasteiger partial charge in [-0.1, -0.05) is 16.8 Å². The summed E-state index contributed by atoms with van der Waals surface area (Å²) >= 11 is 5.39. The Morgan fingerprint density at radius 3 is 2.52 bits per heavy atom. The van der Waals surface area contributed by atoms with Crippen LogP contribution in [0.25, 0.3) is 0 Å². The molecule has 1 heterocycles. The minimum atomic E-state index is -4.91. The van der Waals surface area contributed by atoms with Crippen molar-refractivity contribution in [3.05, 3.63) is 41.1 Å². The van der Waals surface area contributed by atoms with Crippen molar-refractivity contribution in [1.82, 2.24) is 5.16 Å². The van der Waals surface area contributed by atoms with Crippen LogP contribution in [0.1, 0.15) is 0 Å². The predicted octanol–water partition coefficient (Wildman–Crippen LogP) is 2.48. The van der Waals surface area contributed by atoms with E-state index in [0.717, 1.165) is 12.3 Å². The summed E-state index contributed by atoms with van der Waals surface area (Å²) in [6.45, 7) is 0. The van der Waals surface area contributed by atoms with E-state index in [1.165, 1.54) is 0 Å². The van der Waals surface area contributed by atoms with E-state index in [9.17, 15) is 22.0 Å². The average Bonchev–Trinajstić information content (AvgIpc) is 2.86. The number of nitrogens with zero attached hydrogens (tertiary/aromatic N) is 2. The maximum Gasteiger partial charge on any atom is 0.427 e. The molecule has 1 aromatic carbocycles. The molecule has 0 saturated heterocycles. The normalized spacial score (nSPS) is 11.4. The number of aromatic nitrogens is 1. The summed E-state index contributed by atoms with van der Waals surface area (Å²) in [6.07, 6.45) is -1.03. The monoisotopic (exact) mass is 338 g/mol. The zero-order valence-corrected chi connectivity index (χ0v) is 11.4. The minimum absolute atomic E-state index is 0.219. The van der Waals surface area contributed by atoms with E-state index in [4.69, 9.17) is 16.7 Å². The molecule has 7 nitrogen and oxygen atoms in total. The molecule has 1 aromatic heterocycles. The third kappa shape index (κ3) is 2.67. The largest absolute Gasteiger partial charge is 0.464 e. The van der Waals surface area contributed by atoms with Crippen LogP contribution in [-0.4, -0.2) is 24.8 Å². The maximum absolute atomic E-state index is 13.7. The van der Waals surface area contributed by atoms with Crippen molar-refractivity contribution in [2.24, 2.45) is 0 Å². The van der Waals surface area contributed by atoms with Gasteiger partial charge in [0.2, 0.25) is 0 Å². The van der Waals surface area contributed by atoms with Gasteiger partial charge < -0.3 is 9.63 Å². The molecular weight excluding hydrogens is 334 g/mol. The Kier molecular flexibility index (Phi) is 3.83. The van der Waals surface area contributed by atoms with Crippen molar-refractivity contribution in [2.45, 2.75) is 4.90 Å². The Balaban J connectivity index is 2.65. The molecule has 1 N–H and O–H groups in total. The molecule has 0 unspecified atom stereocenters. The van der Waals surface area contributed by atoms with E-state index in [2.05, 4.69) is 9.68 Å². The first-order valence-electron chi connectivity index (χ1n) is 5.08. The first-order chi connectivity index (χ1) is 9.75. The number of amides is 1. The Labute approximate surface area is 121 Å². The SMILES string of the molecule is O=C(O)N(c1ccon1)S(=O)(=O)c1cc(Cl)c(F)cc1F. The first-order valence-corrected chi connectivity index (χ1v) is 6.90. The van der Waals surface area contributed by atoms with Gasteiger partial charge in [0.25, 0.3) is 10.0 Å². The molecule has 2 rings (SSSR count). The van der Waals surface area contributed by atoms with E-state index in [0.29, 0.717) is 6.07 Å². The lowest BCUT2D eigenvalue weighted by atomic mass is 10.3. The number of benzene rings is 1. The van der Waals surface area contributed by atoms with Crippen molar-refractivity contribution in [2.75, 3.05) is 4.31 Å². The minimum Gasteiger partial charge on any atom is -0.464 e. The quantitative estimate of drug-likeness (QED) is 0.863. The highest BCUT2D eigenvalue weighted by atomic mass is 35.5. The van der Waals surface area contributed by atoms with Crippen LogP contribution in [0, 0.1) is 11.6 Å². The van der Waals surface area contributed by atoms with Crippen molar-refractivity contribution >= 4 is 33.5 Å². The Bertz CT molecular complexity index is 794. The highest BCUT2D eigenvalue weighted by Crippen LogP contribution is 2.28. The van der Waals surface area contributed by atoms with Crippen LogP contribution in [0.3, 0.4) is 0 Å². The molecule has 2 aromatic rings. The van der Waals surface area contributed by atoms with Gasteiger partial charge in [-0.15, -0.1) is 4.31 Å². The van der Waals surface area contributed by atoms with E-state index in [1.54, 1.807) is 0 Å². The molecule has 0 saturated carbocycles. The fourth-order valence-electron chi connectivity index (χ4n) is 1.44. The van der Waals surface area contributed by atoms with Gasteiger partial charge in [-0.05, 0) is 6.07 Å². The second kappa shape index (κ2) is 5.30. The zero-order chi connectivity index (χ0) is 15.8. The molecule has 0 aliphatic carbocycles. The summed E-state index contributed by atoms with van der Waals surface area (Å²) in [5.41, 5.74) is 0. The smallest absolute Gasteiger partial charge is 0.427 e. The molecule has 11 heteroatoms. The summed E-state index contributed by atoms with van der Waals surface area (Å²) in [7, 11) is -4.91. The van der Waals surface area contributed by atoms with Crippen LogP contribution in [0.15, 0.2) is 33.9 Å². The lowest BCUT2D eigenvalue weighted by Gasteiger charge is -2.16. The van der Waals surface area contributed by atoms with Crippen LogP contribution in [0.2, 0.25) is 5.02 Å². The van der Waals surface area contributed by atoms with Crippen LogP contribution in [-0.2, 0) is 10.0 Å². The third-order valence-electron chi connectivity index (χ3n) is 2.30. The van der Waals surface area contributed by atoms with Gasteiger partial charge in [-0.25, -0.2) is 22.0 Å². The lowest BCUT2D eigenvalue weighted by molar-refractivity contribution is 0.205. The molecule has 21 heavy (non-hydrogen) atoms. The lowest BCUT2D eigenvalue weighted by Crippen LogP contribution is -2.36. The first kappa shape index (κ1) is 15.2. The summed E-state index contributed by atoms with van der Waals surface area (Å²) in [4.78, 5) is 10.0. The fraction of sp³-hybridized carbons (Fsp3) is 0. The highest BCUT2D eigenvalue weighted by Gasteiger charge is 2.35. The molecule has 0 atom stereocenters. The van der Waals surface area contributed by atoms with Gasteiger partial charge in [0.1, 0.15) is 22.8 Å². The molecule has 112 valence electrons. The number of carboxylic acid groups (broad SMARTS) is 1. The second-order valence-corrected chi connectivity index (χ2v) is 5.77. The summed E-state index contributed by atoms with van der Waals surface area (Å²) < 4.78 is 55.2. The summed E-state index contributed by atoms with van der Waals surface area (Å²) in [5, 5.41) is 11.5. The summed E-state index contributed by atoms with van der Waals surface area (Å²) in [6, 6.07) is 1.64. The Morgan fingerprint density at radius 2 is 2.00 bits per heavy atom. The van der Waals surface area contributed by atoms with Crippen LogP contribution >= 0.6 is 11.6 Å². The summed E-state index contributed by atoms with van der Waals surface area (Å²) in [5.74, 6) is -3.29. The number of hydrogen-bond acceptors (Lipinski definition) is 5. The molecule has 0 radical (unpaired) electrons. The van der Waals surface area contributed by atoms with Crippen LogP contribution < -0.4 is 4.31 Å². The van der Waals surface area contributed by atoms with Gasteiger partial charge in [0.05, 0.1) is 5.02 Å². The fourth-order valence-corrected chi connectivity index (χ4v) is 2.98. The number of hydrogen-bond donors (Lipinski definition) is 1. The zero-order valence-electron chi connectivity index (χ0n) is 9.83. The van der Waals surface area contributed by atoms with Crippen LogP contribution in [0.4, 0.5) is 19.4 Å². The standard InChI is InChI=1S/C10H5ClF2N2O5S/c11-5-3-8(7(13)4-6(5)12)21(18,19)15(10(16)17)9-1-2-20-14-9/h1-4H,(H,16,17). The predicted molar refractivity (Wildman–Crippen MR) is 65.6 cm³/mol. The van der Waals surface area contributed by atoms with Crippen molar-refractivity contribution in [3.63, 3.8) is 0 Å². The second-order valence-electron chi connectivity index (χ2n) is 3.61. The number of sulfonamides is 1. The van der Waals surface area contributed by atoms with Gasteiger partial charge in [-0.3, -0.25) is 0 Å². The number of anilines is 1. The van der Waals surface area contributed by atoms with Gasteiger partial charge in [0, 0.05) is 12.1 Å². The molecule has 1 amide bonds. The van der Waals surface area contributed by atoms with Crippen LogP contribution in [0.5, 0.6) is 0 Å². The topological polar surface area (TPSA) is 101 Å². The van der Waals surface area contributed by atoms with Gasteiger partial charge in [-0.2, -0.15) is 0 Å². The van der Waals surface area contributed by atoms with E-state index < -0.39 is 43.5 Å². The highest BCUT2D eigenvalue weighted by molar-refractivity contribution is 7.93. The van der Waals surface area contributed by atoms with Gasteiger partial charge >= 0.3 is 6.09 Å². The molecule has 0 aliphatic rings. The average molecular weight is 339 g/mol. The van der Waals surface area contributed by atoms with E-state index in [1.807, 2.05) is 0 Å². The number of rotatable bonds is 3.